The number of ether oxygens (including phenoxy) is 2. The summed E-state index contributed by atoms with van der Waals surface area (Å²) in [6.07, 6.45) is 7.63. The molecule has 0 atom stereocenters. The molecule has 0 unspecified atom stereocenters. The predicted octanol–water partition coefficient (Wildman–Crippen LogP) is 3.99. The number of nitrogens with zero attached hydrogens (tertiary/aromatic N) is 2. The fourth-order valence-corrected chi connectivity index (χ4v) is 1.51. The van der Waals surface area contributed by atoms with Crippen LogP contribution in [0.25, 0.3) is 0 Å². The van der Waals surface area contributed by atoms with E-state index < -0.39 is 11.9 Å². The minimum Gasteiger partial charge on any atom is -0.462 e. The van der Waals surface area contributed by atoms with E-state index in [1.165, 1.54) is 25.7 Å². The van der Waals surface area contributed by atoms with E-state index in [0.717, 1.165) is 19.3 Å². The molecular formula is C19H28N2O4. The second-order valence-electron chi connectivity index (χ2n) is 5.22. The van der Waals surface area contributed by atoms with E-state index in [2.05, 4.69) is 24.8 Å². The van der Waals surface area contributed by atoms with E-state index in [9.17, 15) is 9.59 Å². The first-order valence-electron chi connectivity index (χ1n) is 8.46. The zero-order chi connectivity index (χ0) is 19.5. The van der Waals surface area contributed by atoms with Crippen LogP contribution in [0.5, 0.6) is 0 Å². The molecule has 0 aromatic rings. The summed E-state index contributed by atoms with van der Waals surface area (Å²) in [6.45, 7) is 11.3. The molecule has 0 radical (unpaired) electrons. The van der Waals surface area contributed by atoms with Gasteiger partial charge in [0.2, 0.25) is 0 Å². The third-order valence-electron chi connectivity index (χ3n) is 2.93. The third-order valence-corrected chi connectivity index (χ3v) is 2.93. The van der Waals surface area contributed by atoms with Crippen LogP contribution in [0.15, 0.2) is 24.3 Å². The molecule has 25 heavy (non-hydrogen) atoms. The van der Waals surface area contributed by atoms with Crippen LogP contribution in [-0.4, -0.2) is 25.2 Å². The summed E-state index contributed by atoms with van der Waals surface area (Å²) >= 11 is 0. The van der Waals surface area contributed by atoms with Gasteiger partial charge in [-0.05, 0) is 12.8 Å². The molecule has 0 saturated carbocycles. The number of carbonyl (C=O) groups excluding carboxylic acids is 2. The van der Waals surface area contributed by atoms with E-state index in [4.69, 9.17) is 15.3 Å². The van der Waals surface area contributed by atoms with E-state index in [1.807, 2.05) is 6.92 Å². The van der Waals surface area contributed by atoms with Gasteiger partial charge in [-0.25, -0.2) is 9.59 Å². The SMILES string of the molecule is C=C(C#N)C(=O)OCCC.C=C(C#N)C(=O)OCCCCCCCC. The van der Waals surface area contributed by atoms with E-state index in [1.54, 1.807) is 12.1 Å². The lowest BCUT2D eigenvalue weighted by Gasteiger charge is -2.02. The van der Waals surface area contributed by atoms with Crippen molar-refractivity contribution in [3.8, 4) is 12.1 Å². The number of hydrogen-bond donors (Lipinski definition) is 0. The molecule has 0 spiro atoms. The number of carbonyl (C=O) groups is 2. The second-order valence-corrected chi connectivity index (χ2v) is 5.22. The first-order chi connectivity index (χ1) is 11.9. The van der Waals surface area contributed by atoms with Crippen molar-refractivity contribution in [3.05, 3.63) is 24.3 Å². The lowest BCUT2D eigenvalue weighted by molar-refractivity contribution is -0.139. The van der Waals surface area contributed by atoms with E-state index in [0.29, 0.717) is 13.2 Å². The van der Waals surface area contributed by atoms with Gasteiger partial charge in [0.1, 0.15) is 23.3 Å². The number of nitriles is 2. The average Bonchev–Trinajstić information content (AvgIpc) is 2.64. The summed E-state index contributed by atoms with van der Waals surface area (Å²) in [5, 5.41) is 16.5. The van der Waals surface area contributed by atoms with Crippen LogP contribution in [-0.2, 0) is 19.1 Å². The molecule has 0 saturated heterocycles. The predicted molar refractivity (Wildman–Crippen MR) is 95.1 cm³/mol. The molecule has 138 valence electrons. The van der Waals surface area contributed by atoms with Gasteiger partial charge in [-0.3, -0.25) is 0 Å². The highest BCUT2D eigenvalue weighted by atomic mass is 16.5. The molecule has 0 N–H and O–H groups in total. The van der Waals surface area contributed by atoms with Crippen LogP contribution in [0.1, 0.15) is 58.8 Å². The van der Waals surface area contributed by atoms with Crippen molar-refractivity contribution in [1.29, 1.82) is 10.5 Å². The van der Waals surface area contributed by atoms with Gasteiger partial charge in [0.05, 0.1) is 13.2 Å². The molecule has 0 aliphatic heterocycles. The molecule has 0 aromatic heterocycles. The smallest absolute Gasteiger partial charge is 0.348 e. The maximum Gasteiger partial charge on any atom is 0.348 e. The molecule has 0 aliphatic rings. The topological polar surface area (TPSA) is 100 Å². The molecule has 0 fully saturated rings. The van der Waals surface area contributed by atoms with E-state index >= 15 is 0 Å². The third kappa shape index (κ3) is 16.1. The van der Waals surface area contributed by atoms with Gasteiger partial charge in [0.15, 0.2) is 0 Å². The monoisotopic (exact) mass is 348 g/mol. The van der Waals surface area contributed by atoms with Gasteiger partial charge in [-0.2, -0.15) is 10.5 Å². The highest BCUT2D eigenvalue weighted by Crippen LogP contribution is 2.05. The summed E-state index contributed by atoms with van der Waals surface area (Å²) in [6, 6.07) is 3.27. The first-order valence-corrected chi connectivity index (χ1v) is 8.46. The Balaban J connectivity index is 0. The summed E-state index contributed by atoms with van der Waals surface area (Å²) in [5.74, 6) is -1.21. The Morgan fingerprint density at radius 1 is 0.760 bits per heavy atom. The molecule has 6 nitrogen and oxygen atoms in total. The maximum absolute atomic E-state index is 11.0. The van der Waals surface area contributed by atoms with Crippen molar-refractivity contribution in [2.75, 3.05) is 13.2 Å². The lowest BCUT2D eigenvalue weighted by Crippen LogP contribution is -2.06. The maximum atomic E-state index is 11.0. The Labute approximate surface area is 150 Å². The Hall–Kier alpha value is -2.60. The van der Waals surface area contributed by atoms with Gasteiger partial charge < -0.3 is 9.47 Å². The normalized spacial score (nSPS) is 8.80. The molecule has 6 heteroatoms. The Morgan fingerprint density at radius 2 is 1.20 bits per heavy atom. The van der Waals surface area contributed by atoms with Crippen molar-refractivity contribution in [1.82, 2.24) is 0 Å². The average molecular weight is 348 g/mol. The van der Waals surface area contributed by atoms with E-state index in [-0.39, 0.29) is 11.1 Å². The molecule has 0 aromatic carbocycles. The Kier molecular flexibility index (Phi) is 17.5. The van der Waals surface area contributed by atoms with Gasteiger partial charge in [-0.1, -0.05) is 59.1 Å². The number of rotatable bonds is 11. The summed E-state index contributed by atoms with van der Waals surface area (Å²) < 4.78 is 9.42. The molecule has 0 rings (SSSR count). The van der Waals surface area contributed by atoms with Crippen molar-refractivity contribution in [2.24, 2.45) is 0 Å². The molecular weight excluding hydrogens is 320 g/mol. The Bertz CT molecular complexity index is 512. The Morgan fingerprint density at radius 3 is 1.64 bits per heavy atom. The van der Waals surface area contributed by atoms with Crippen LogP contribution in [0.2, 0.25) is 0 Å². The molecule has 0 bridgehead atoms. The van der Waals surface area contributed by atoms with Crippen LogP contribution in [0.3, 0.4) is 0 Å². The van der Waals surface area contributed by atoms with Crippen LogP contribution >= 0.6 is 0 Å². The summed E-state index contributed by atoms with van der Waals surface area (Å²) in [7, 11) is 0. The quantitative estimate of drug-likeness (QED) is 0.242. The summed E-state index contributed by atoms with van der Waals surface area (Å²) in [5.41, 5.74) is -0.269. The molecule has 0 heterocycles. The highest BCUT2D eigenvalue weighted by molar-refractivity contribution is 5.92. The van der Waals surface area contributed by atoms with Crippen LogP contribution in [0.4, 0.5) is 0 Å². The number of unbranched alkanes of at least 4 members (excludes halogenated alkanes) is 5. The zero-order valence-electron chi connectivity index (χ0n) is 15.3. The first kappa shape index (κ1) is 24.6. The van der Waals surface area contributed by atoms with Crippen molar-refractivity contribution in [3.63, 3.8) is 0 Å². The minimum atomic E-state index is -0.621. The molecule has 0 aliphatic carbocycles. The lowest BCUT2D eigenvalue weighted by atomic mass is 10.1. The van der Waals surface area contributed by atoms with Gasteiger partial charge in [0, 0.05) is 0 Å². The largest absolute Gasteiger partial charge is 0.462 e. The van der Waals surface area contributed by atoms with Gasteiger partial charge in [0.25, 0.3) is 0 Å². The van der Waals surface area contributed by atoms with Crippen LogP contribution < -0.4 is 0 Å². The fourth-order valence-electron chi connectivity index (χ4n) is 1.51. The minimum absolute atomic E-state index is 0.124. The molecule has 0 amide bonds. The van der Waals surface area contributed by atoms with Crippen molar-refractivity contribution in [2.45, 2.75) is 58.8 Å². The number of esters is 2. The standard InChI is InChI=1S/C12H19NO2.C7H9NO2/c1-3-4-5-6-7-8-9-15-12(14)11(2)10-13;1-3-4-10-7(9)6(2)5-8/h2-9H2,1H3;2-4H2,1H3. The zero-order valence-corrected chi connectivity index (χ0v) is 15.3. The van der Waals surface area contributed by atoms with Gasteiger partial charge >= 0.3 is 11.9 Å². The van der Waals surface area contributed by atoms with Crippen molar-refractivity contribution >= 4 is 11.9 Å². The van der Waals surface area contributed by atoms with Crippen LogP contribution in [0, 0.1) is 22.7 Å². The second kappa shape index (κ2) is 17.7. The fraction of sp³-hybridized carbons (Fsp3) is 0.579. The van der Waals surface area contributed by atoms with Crippen molar-refractivity contribution < 1.29 is 19.1 Å². The highest BCUT2D eigenvalue weighted by Gasteiger charge is 2.06. The summed E-state index contributed by atoms with van der Waals surface area (Å²) in [4.78, 5) is 21.6. The van der Waals surface area contributed by atoms with Gasteiger partial charge in [-0.15, -0.1) is 0 Å². The number of hydrogen-bond acceptors (Lipinski definition) is 6.